The van der Waals surface area contributed by atoms with Crippen LogP contribution in [0.5, 0.6) is 0 Å². The summed E-state index contributed by atoms with van der Waals surface area (Å²) in [6.45, 7) is 9.04. The van der Waals surface area contributed by atoms with Crippen molar-refractivity contribution >= 4 is 17.5 Å². The molecule has 0 amide bonds. The first-order chi connectivity index (χ1) is 14.3. The summed E-state index contributed by atoms with van der Waals surface area (Å²) in [4.78, 5) is 14.1. The van der Waals surface area contributed by atoms with Crippen LogP contribution < -0.4 is 0 Å². The van der Waals surface area contributed by atoms with Crippen LogP contribution in [0.25, 0.3) is 0 Å². The minimum atomic E-state index is -1.50. The molecule has 0 spiro atoms. The summed E-state index contributed by atoms with van der Waals surface area (Å²) < 4.78 is 11.8. The SMILES string of the molecule is CSCOC1CC2OCC2(O)C2C(C)C3(O)CC(O)C(C)=C(C(O)C(=O)[C@]12C)C3(C)C.[Ac].[Ac]. The Kier molecular flexibility index (Phi) is 10.1. The molecule has 182 valence electrons. The minimum Gasteiger partial charge on any atom is -0.389 e. The van der Waals surface area contributed by atoms with Gasteiger partial charge in [-0.3, -0.25) is 4.79 Å². The van der Waals surface area contributed by atoms with Gasteiger partial charge in [-0.25, -0.2) is 0 Å². The summed E-state index contributed by atoms with van der Waals surface area (Å²) in [5, 5.41) is 46.1. The molecule has 1 heterocycles. The maximum Gasteiger partial charge on any atom is 0.174 e. The molecule has 2 radical (unpaired) electrons. The molecule has 4 aliphatic rings. The van der Waals surface area contributed by atoms with Crippen LogP contribution in [0.15, 0.2) is 11.1 Å². The fraction of sp³-hybridized carbons (Fsp3) is 0.870. The molecule has 4 rings (SSSR count). The number of carbonyl (C=O) groups excluding carboxylic acids is 1. The number of aliphatic hydroxyl groups excluding tert-OH is 2. The molecule has 7 nitrogen and oxygen atoms in total. The number of hydrogen-bond acceptors (Lipinski definition) is 8. The van der Waals surface area contributed by atoms with E-state index in [1.165, 1.54) is 11.8 Å². The maximum atomic E-state index is 14.1. The Balaban J connectivity index is 0.00000193. The summed E-state index contributed by atoms with van der Waals surface area (Å²) in [5.74, 6) is -1.34. The first-order valence-electron chi connectivity index (χ1n) is 11.1. The number of hydrogen-bond donors (Lipinski definition) is 4. The molecule has 0 aromatic heterocycles. The molecule has 2 bridgehead atoms. The van der Waals surface area contributed by atoms with Gasteiger partial charge >= 0.3 is 0 Å². The molecule has 2 saturated carbocycles. The van der Waals surface area contributed by atoms with Gasteiger partial charge in [0.1, 0.15) is 11.7 Å². The second-order valence-electron chi connectivity index (χ2n) is 10.8. The van der Waals surface area contributed by atoms with E-state index in [0.29, 0.717) is 23.5 Å². The molecule has 3 aliphatic carbocycles. The van der Waals surface area contributed by atoms with Gasteiger partial charge in [0.15, 0.2) is 5.78 Å². The van der Waals surface area contributed by atoms with Crippen LogP contribution >= 0.6 is 11.8 Å². The first-order valence-corrected chi connectivity index (χ1v) is 12.5. The number of fused-ring (bicyclic) bond motifs is 5. The average molecular weight is 911 g/mol. The Morgan fingerprint density at radius 2 is 1.79 bits per heavy atom. The van der Waals surface area contributed by atoms with E-state index in [1.54, 1.807) is 13.8 Å². The van der Waals surface area contributed by atoms with Crippen LogP contribution in [-0.2, 0) is 14.3 Å². The van der Waals surface area contributed by atoms with Crippen LogP contribution in [0.4, 0.5) is 0 Å². The van der Waals surface area contributed by atoms with Crippen molar-refractivity contribution < 1.29 is 123 Å². The zero-order chi connectivity index (χ0) is 23.1. The second-order valence-corrected chi connectivity index (χ2v) is 11.6. The van der Waals surface area contributed by atoms with Gasteiger partial charge in [0.25, 0.3) is 0 Å². The van der Waals surface area contributed by atoms with Crippen LogP contribution in [-0.4, -0.2) is 80.6 Å². The number of Topliss-reactive ketones (excluding diaryl/α,β-unsaturated/α-hetero) is 1. The van der Waals surface area contributed by atoms with Crippen molar-refractivity contribution in [1.29, 1.82) is 0 Å². The Labute approximate surface area is 272 Å². The number of rotatable bonds is 3. The van der Waals surface area contributed by atoms with Gasteiger partial charge in [-0.2, -0.15) is 0 Å². The molecule has 33 heavy (non-hydrogen) atoms. The van der Waals surface area contributed by atoms with E-state index < -0.39 is 64.1 Å². The third kappa shape index (κ3) is 4.23. The van der Waals surface area contributed by atoms with Crippen molar-refractivity contribution in [2.45, 2.75) is 83.1 Å². The third-order valence-electron chi connectivity index (χ3n) is 9.23. The molecule has 8 unspecified atom stereocenters. The standard InChI is InChI=1S/C23H36O7S.2Ac/c1-11-13(24)8-23(28)12(2)18-21(5,19(26)17(25)16(11)20(23,3)4)14(30-10-31-6)7-15-22(18,27)9-29-15;;/h12-15,17-18,24-25,27-28H,7-10H2,1-6H3;;/t12?,13?,14?,15?,17?,18?,21-,22?,23?;;/m1../s1. The Morgan fingerprint density at radius 3 is 2.30 bits per heavy atom. The van der Waals surface area contributed by atoms with Crippen LogP contribution in [0, 0.1) is 111 Å². The number of thioether (sulfide) groups is 1. The fourth-order valence-corrected chi connectivity index (χ4v) is 7.67. The van der Waals surface area contributed by atoms with E-state index in [1.807, 2.05) is 27.0 Å². The normalized spacial score (nSPS) is 48.2. The zero-order valence-corrected chi connectivity index (χ0v) is 30.7. The van der Waals surface area contributed by atoms with Crippen LogP contribution in [0.2, 0.25) is 0 Å². The smallest absolute Gasteiger partial charge is 0.174 e. The maximum absolute atomic E-state index is 14.1. The first kappa shape index (κ1) is 31.6. The number of aliphatic hydroxyl groups is 4. The van der Waals surface area contributed by atoms with E-state index in [-0.39, 0.29) is 101 Å². The third-order valence-corrected chi connectivity index (χ3v) is 9.60. The van der Waals surface area contributed by atoms with Gasteiger partial charge in [0.2, 0.25) is 0 Å². The van der Waals surface area contributed by atoms with Crippen molar-refractivity contribution in [2.75, 3.05) is 18.8 Å². The van der Waals surface area contributed by atoms with E-state index >= 15 is 0 Å². The van der Waals surface area contributed by atoms with Gasteiger partial charge in [-0.1, -0.05) is 20.8 Å². The zero-order valence-electron chi connectivity index (χ0n) is 20.4. The average Bonchev–Trinajstić information content (AvgIpc) is 2.69. The van der Waals surface area contributed by atoms with E-state index in [9.17, 15) is 25.2 Å². The van der Waals surface area contributed by atoms with E-state index in [4.69, 9.17) is 9.47 Å². The Morgan fingerprint density at radius 1 is 1.18 bits per heavy atom. The predicted octanol–water partition coefficient (Wildman–Crippen LogP) is 1.27. The minimum absolute atomic E-state index is 0. The topological polar surface area (TPSA) is 116 Å². The molecule has 9 atom stereocenters. The molecule has 4 N–H and O–H groups in total. The molecule has 1 aliphatic heterocycles. The van der Waals surface area contributed by atoms with E-state index in [0.717, 1.165) is 0 Å². The van der Waals surface area contributed by atoms with Gasteiger partial charge in [0, 0.05) is 112 Å². The van der Waals surface area contributed by atoms with Gasteiger partial charge < -0.3 is 29.9 Å². The summed E-state index contributed by atoms with van der Waals surface area (Å²) in [6.07, 6.45) is -1.23. The van der Waals surface area contributed by atoms with Crippen LogP contribution in [0.1, 0.15) is 47.5 Å². The van der Waals surface area contributed by atoms with Crippen molar-refractivity contribution in [1.82, 2.24) is 0 Å². The van der Waals surface area contributed by atoms with Gasteiger partial charge in [-0.05, 0) is 37.2 Å². The molecule has 0 aromatic rings. The van der Waals surface area contributed by atoms with Crippen molar-refractivity contribution in [2.24, 2.45) is 22.7 Å². The summed E-state index contributed by atoms with van der Waals surface area (Å²) in [7, 11) is 0. The van der Waals surface area contributed by atoms with Gasteiger partial charge in [-0.15, -0.1) is 11.8 Å². The quantitative estimate of drug-likeness (QED) is 0.248. The predicted molar refractivity (Wildman–Crippen MR) is 116 cm³/mol. The number of carbonyl (C=O) groups is 1. The molecular formula is C23H36Ac2O7S. The van der Waals surface area contributed by atoms with Crippen molar-refractivity contribution in [3.63, 3.8) is 0 Å². The second kappa shape index (κ2) is 10.5. The monoisotopic (exact) mass is 910 g/mol. The van der Waals surface area contributed by atoms with E-state index in [2.05, 4.69) is 0 Å². The molecule has 1 saturated heterocycles. The summed E-state index contributed by atoms with van der Waals surface area (Å²) in [5.41, 5.74) is -4.06. The van der Waals surface area contributed by atoms with Gasteiger partial charge in [0.05, 0.1) is 41.9 Å². The molecule has 3 fully saturated rings. The number of ether oxygens (including phenoxy) is 2. The molecular weight excluding hydrogens is 874 g/mol. The molecule has 10 heteroatoms. The Hall–Kier alpha value is 2.40. The summed E-state index contributed by atoms with van der Waals surface area (Å²) >= 11 is 1.49. The summed E-state index contributed by atoms with van der Waals surface area (Å²) in [6, 6.07) is 0. The molecule has 0 aromatic carbocycles. The Bertz CT molecular complexity index is 823. The largest absolute Gasteiger partial charge is 0.389 e. The number of ketones is 1. The van der Waals surface area contributed by atoms with Crippen molar-refractivity contribution in [3.05, 3.63) is 11.1 Å². The van der Waals surface area contributed by atoms with Crippen LogP contribution in [0.3, 0.4) is 0 Å². The van der Waals surface area contributed by atoms with Crippen molar-refractivity contribution in [3.8, 4) is 0 Å². The fourth-order valence-electron chi connectivity index (χ4n) is 7.37.